The molecule has 0 rings (SSSR count). The summed E-state index contributed by atoms with van der Waals surface area (Å²) in [4.78, 5) is 22.0. The highest BCUT2D eigenvalue weighted by Crippen LogP contribution is 2.17. The zero-order valence-electron chi connectivity index (χ0n) is 10.4. The second kappa shape index (κ2) is 6.03. The Bertz CT molecular complexity index is 309. The Hall–Kier alpha value is -1.31. The molecule has 18 heavy (non-hydrogen) atoms. The van der Waals surface area contributed by atoms with Crippen LogP contribution in [-0.2, 0) is 14.3 Å². The number of hydrogen-bond acceptors (Lipinski definition) is 3. The molecule has 0 aromatic carbocycles. The summed E-state index contributed by atoms with van der Waals surface area (Å²) in [6, 6.07) is 0. The lowest BCUT2D eigenvalue weighted by atomic mass is 10.2. The van der Waals surface area contributed by atoms with Crippen LogP contribution in [0.2, 0.25) is 0 Å². The molecule has 0 heterocycles. The Morgan fingerprint density at radius 3 is 2.06 bits per heavy atom. The Balaban J connectivity index is 4.55. The second-order valence-electron chi connectivity index (χ2n) is 4.66. The summed E-state index contributed by atoms with van der Waals surface area (Å²) in [5, 5.41) is 8.46. The molecule has 1 amide bonds. The summed E-state index contributed by atoms with van der Waals surface area (Å²) in [7, 11) is 0. The van der Waals surface area contributed by atoms with Crippen LogP contribution >= 0.6 is 0 Å². The van der Waals surface area contributed by atoms with Crippen molar-refractivity contribution in [1.29, 1.82) is 0 Å². The third kappa shape index (κ3) is 8.80. The topological polar surface area (TPSA) is 66.8 Å². The minimum absolute atomic E-state index is 0.202. The van der Waals surface area contributed by atoms with Crippen LogP contribution in [0.25, 0.3) is 0 Å². The van der Waals surface area contributed by atoms with Crippen molar-refractivity contribution in [2.45, 2.75) is 32.5 Å². The van der Waals surface area contributed by atoms with Crippen molar-refractivity contribution >= 4 is 11.9 Å². The maximum atomic E-state index is 12.2. The van der Waals surface area contributed by atoms with E-state index in [0.29, 0.717) is 0 Å². The minimum atomic E-state index is -4.65. The summed E-state index contributed by atoms with van der Waals surface area (Å²) in [6.07, 6.45) is -4.65. The molecule has 0 aliphatic heterocycles. The number of alkyl halides is 3. The summed E-state index contributed by atoms with van der Waals surface area (Å²) in [6.45, 7) is 1.69. The molecule has 8 heteroatoms. The maximum absolute atomic E-state index is 12.2. The minimum Gasteiger partial charge on any atom is -0.480 e. The van der Waals surface area contributed by atoms with Crippen molar-refractivity contribution in [1.82, 2.24) is 4.90 Å². The predicted octanol–water partition coefficient (Wildman–Crippen LogP) is 1.28. The second-order valence-corrected chi connectivity index (χ2v) is 4.66. The maximum Gasteiger partial charge on any atom is 0.406 e. The highest BCUT2D eigenvalue weighted by Gasteiger charge is 2.34. The average Bonchev–Trinajstić information content (AvgIpc) is 2.08. The van der Waals surface area contributed by atoms with Crippen molar-refractivity contribution in [3.63, 3.8) is 0 Å². The molecule has 0 aliphatic rings. The number of amides is 1. The molecule has 0 aromatic heterocycles. The van der Waals surface area contributed by atoms with E-state index < -0.39 is 43.4 Å². The van der Waals surface area contributed by atoms with Crippen molar-refractivity contribution in [3.8, 4) is 0 Å². The Labute approximate surface area is 103 Å². The Morgan fingerprint density at radius 1 is 1.22 bits per heavy atom. The third-order valence-electron chi connectivity index (χ3n) is 1.68. The van der Waals surface area contributed by atoms with E-state index in [4.69, 9.17) is 9.84 Å². The highest BCUT2D eigenvalue weighted by atomic mass is 19.4. The number of ether oxygens (including phenoxy) is 1. The van der Waals surface area contributed by atoms with Crippen LogP contribution in [0, 0.1) is 0 Å². The number of carboxylic acids is 1. The largest absolute Gasteiger partial charge is 0.480 e. The van der Waals surface area contributed by atoms with Crippen molar-refractivity contribution < 1.29 is 32.6 Å². The van der Waals surface area contributed by atoms with Crippen LogP contribution in [0.3, 0.4) is 0 Å². The Kier molecular flexibility index (Phi) is 5.59. The molecule has 0 bridgehead atoms. The molecule has 0 fully saturated rings. The van der Waals surface area contributed by atoms with Crippen LogP contribution in [0.4, 0.5) is 13.2 Å². The average molecular weight is 271 g/mol. The van der Waals surface area contributed by atoms with Gasteiger partial charge in [-0.05, 0) is 20.8 Å². The van der Waals surface area contributed by atoms with Crippen LogP contribution in [-0.4, -0.2) is 53.4 Å². The molecule has 106 valence electrons. The van der Waals surface area contributed by atoms with Gasteiger partial charge in [0.15, 0.2) is 0 Å². The first-order chi connectivity index (χ1) is 7.91. The predicted molar refractivity (Wildman–Crippen MR) is 56.0 cm³/mol. The van der Waals surface area contributed by atoms with Crippen molar-refractivity contribution in [3.05, 3.63) is 0 Å². The monoisotopic (exact) mass is 271 g/mol. The van der Waals surface area contributed by atoms with Gasteiger partial charge in [-0.25, -0.2) is 0 Å². The van der Waals surface area contributed by atoms with Gasteiger partial charge < -0.3 is 14.7 Å². The fraction of sp³-hybridized carbons (Fsp3) is 0.800. The number of hydrogen-bond donors (Lipinski definition) is 1. The summed E-state index contributed by atoms with van der Waals surface area (Å²) >= 11 is 0. The molecule has 5 nitrogen and oxygen atoms in total. The molecular weight excluding hydrogens is 255 g/mol. The number of carbonyl (C=O) groups is 2. The van der Waals surface area contributed by atoms with Crippen LogP contribution < -0.4 is 0 Å². The van der Waals surface area contributed by atoms with Crippen molar-refractivity contribution in [2.24, 2.45) is 0 Å². The van der Waals surface area contributed by atoms with Gasteiger partial charge >= 0.3 is 12.1 Å². The van der Waals surface area contributed by atoms with Crippen LogP contribution in [0.5, 0.6) is 0 Å². The van der Waals surface area contributed by atoms with E-state index >= 15 is 0 Å². The van der Waals surface area contributed by atoms with Gasteiger partial charge in [-0.15, -0.1) is 0 Å². The van der Waals surface area contributed by atoms with Gasteiger partial charge in [0.1, 0.15) is 19.7 Å². The molecule has 0 atom stereocenters. The smallest absolute Gasteiger partial charge is 0.406 e. The quantitative estimate of drug-likeness (QED) is 0.818. The number of carboxylic acid groups (broad SMARTS) is 1. The first kappa shape index (κ1) is 16.7. The number of rotatable bonds is 5. The molecule has 0 saturated heterocycles. The molecule has 0 aliphatic carbocycles. The molecular formula is C10H16F3NO4. The van der Waals surface area contributed by atoms with E-state index in [0.717, 1.165) is 0 Å². The number of aliphatic carboxylic acids is 1. The first-order valence-corrected chi connectivity index (χ1v) is 5.11. The fourth-order valence-corrected chi connectivity index (χ4v) is 0.981. The normalized spacial score (nSPS) is 12.3. The van der Waals surface area contributed by atoms with E-state index in [2.05, 4.69) is 0 Å². The fourth-order valence-electron chi connectivity index (χ4n) is 0.981. The molecule has 0 radical (unpaired) electrons. The van der Waals surface area contributed by atoms with Gasteiger partial charge in [-0.3, -0.25) is 9.59 Å². The zero-order chi connectivity index (χ0) is 14.6. The summed E-state index contributed by atoms with van der Waals surface area (Å²) in [5.41, 5.74) is -0.692. The highest BCUT2D eigenvalue weighted by molar-refractivity contribution is 5.82. The zero-order valence-corrected chi connectivity index (χ0v) is 10.4. The lowest BCUT2D eigenvalue weighted by Gasteiger charge is -2.25. The third-order valence-corrected chi connectivity index (χ3v) is 1.68. The summed E-state index contributed by atoms with van der Waals surface area (Å²) < 4.78 is 41.5. The molecule has 0 aromatic rings. The van der Waals surface area contributed by atoms with Crippen molar-refractivity contribution in [2.75, 3.05) is 19.7 Å². The van der Waals surface area contributed by atoms with Gasteiger partial charge in [0.25, 0.3) is 0 Å². The van der Waals surface area contributed by atoms with Gasteiger partial charge in [0, 0.05) is 0 Å². The molecule has 1 N–H and O–H groups in total. The standard InChI is InChI=1S/C10H16F3NO4/c1-9(2,3)18-5-7(15)14(4-8(16)17)6-10(11,12)13/h4-6H2,1-3H3,(H,16,17). The molecule has 0 saturated carbocycles. The van der Waals surface area contributed by atoms with E-state index in [1.807, 2.05) is 0 Å². The number of carbonyl (C=O) groups excluding carboxylic acids is 1. The van der Waals surface area contributed by atoms with E-state index in [-0.39, 0.29) is 4.90 Å². The first-order valence-electron chi connectivity index (χ1n) is 5.11. The van der Waals surface area contributed by atoms with Crippen LogP contribution in [0.1, 0.15) is 20.8 Å². The van der Waals surface area contributed by atoms with E-state index in [9.17, 15) is 22.8 Å². The SMILES string of the molecule is CC(C)(C)OCC(=O)N(CC(=O)O)CC(F)(F)F. The molecule has 0 spiro atoms. The number of halogens is 3. The van der Waals surface area contributed by atoms with E-state index in [1.54, 1.807) is 20.8 Å². The lowest BCUT2D eigenvalue weighted by Crippen LogP contribution is -2.44. The van der Waals surface area contributed by atoms with Gasteiger partial charge in [0.2, 0.25) is 5.91 Å². The van der Waals surface area contributed by atoms with Gasteiger partial charge in [-0.1, -0.05) is 0 Å². The lowest BCUT2D eigenvalue weighted by molar-refractivity contribution is -0.170. The Morgan fingerprint density at radius 2 is 1.72 bits per heavy atom. The van der Waals surface area contributed by atoms with Crippen LogP contribution in [0.15, 0.2) is 0 Å². The van der Waals surface area contributed by atoms with E-state index in [1.165, 1.54) is 0 Å². The van der Waals surface area contributed by atoms with Gasteiger partial charge in [0.05, 0.1) is 5.60 Å². The number of nitrogens with zero attached hydrogens (tertiary/aromatic N) is 1. The van der Waals surface area contributed by atoms with Gasteiger partial charge in [-0.2, -0.15) is 13.2 Å². The molecule has 0 unspecified atom stereocenters. The summed E-state index contributed by atoms with van der Waals surface area (Å²) in [5.74, 6) is -2.52.